The van der Waals surface area contributed by atoms with Gasteiger partial charge in [0, 0.05) is 6.42 Å². The number of alkyl halides is 2. The van der Waals surface area contributed by atoms with Crippen LogP contribution in [0.2, 0.25) is 0 Å². The Morgan fingerprint density at radius 3 is 3.00 bits per heavy atom. The predicted molar refractivity (Wildman–Crippen MR) is 58.7 cm³/mol. The molecule has 1 atom stereocenters. The second-order valence-electron chi connectivity index (χ2n) is 4.24. The van der Waals surface area contributed by atoms with Crippen LogP contribution in [0.25, 0.3) is 0 Å². The maximum absolute atomic E-state index is 13.3. The summed E-state index contributed by atoms with van der Waals surface area (Å²) in [5, 5.41) is 10.7. The summed E-state index contributed by atoms with van der Waals surface area (Å²) < 4.78 is 31.8. The first-order chi connectivity index (χ1) is 8.50. The van der Waals surface area contributed by atoms with Gasteiger partial charge in [-0.1, -0.05) is 0 Å². The highest BCUT2D eigenvalue weighted by Crippen LogP contribution is 2.40. The van der Waals surface area contributed by atoms with Gasteiger partial charge in [0.1, 0.15) is 6.20 Å². The second-order valence-corrected chi connectivity index (χ2v) is 4.24. The highest BCUT2D eigenvalue weighted by atomic mass is 19.3. The lowest BCUT2D eigenvalue weighted by Crippen LogP contribution is -2.27. The van der Waals surface area contributed by atoms with Gasteiger partial charge in [-0.3, -0.25) is 0 Å². The Morgan fingerprint density at radius 2 is 2.39 bits per heavy atom. The molecule has 2 rings (SSSR count). The van der Waals surface area contributed by atoms with Gasteiger partial charge in [0.05, 0.1) is 12.5 Å². The minimum Gasteiger partial charge on any atom is -0.485 e. The largest absolute Gasteiger partial charge is 0.485 e. The fourth-order valence-electron chi connectivity index (χ4n) is 2.03. The van der Waals surface area contributed by atoms with Gasteiger partial charge in [-0.15, -0.1) is 0 Å². The van der Waals surface area contributed by atoms with Gasteiger partial charge in [-0.25, -0.2) is 8.78 Å². The zero-order valence-electron chi connectivity index (χ0n) is 9.51. The molecule has 0 aliphatic heterocycles. The van der Waals surface area contributed by atoms with E-state index in [-0.39, 0.29) is 18.8 Å². The van der Waals surface area contributed by atoms with Crippen LogP contribution in [0.3, 0.4) is 0 Å². The van der Waals surface area contributed by atoms with Crippen molar-refractivity contribution in [3.63, 3.8) is 0 Å². The highest BCUT2D eigenvalue weighted by molar-refractivity contribution is 5.38. The summed E-state index contributed by atoms with van der Waals surface area (Å²) >= 11 is 0. The van der Waals surface area contributed by atoms with Crippen LogP contribution in [0.4, 0.5) is 14.6 Å². The lowest BCUT2D eigenvalue weighted by molar-refractivity contribution is -0.390. The van der Waals surface area contributed by atoms with Crippen molar-refractivity contribution in [3.05, 3.63) is 28.4 Å². The van der Waals surface area contributed by atoms with Crippen molar-refractivity contribution in [1.82, 2.24) is 4.98 Å². The summed E-state index contributed by atoms with van der Waals surface area (Å²) in [6.07, 6.45) is 1.95. The first kappa shape index (κ1) is 12.7. The van der Waals surface area contributed by atoms with Gasteiger partial charge in [-0.2, -0.15) is 0 Å². The van der Waals surface area contributed by atoms with Crippen molar-refractivity contribution in [2.45, 2.75) is 25.2 Å². The van der Waals surface area contributed by atoms with Crippen LogP contribution in [0.15, 0.2) is 18.3 Å². The molecule has 98 valence electrons. The van der Waals surface area contributed by atoms with Gasteiger partial charge < -0.3 is 14.9 Å². The Hall–Kier alpha value is -1.79. The van der Waals surface area contributed by atoms with Crippen LogP contribution in [0.5, 0.6) is 5.75 Å². The molecule has 1 aromatic rings. The third-order valence-corrected chi connectivity index (χ3v) is 3.02. The Morgan fingerprint density at radius 1 is 1.61 bits per heavy atom. The standard InChI is InChI=1S/C11H12F2N2O3/c12-11(13)5-1-3-8(11)7-18-9-4-2-6-14-10(9)15(16)17/h2,4,6,8H,1,3,5,7H2. The molecular weight excluding hydrogens is 246 g/mol. The molecule has 1 saturated carbocycles. The molecule has 18 heavy (non-hydrogen) atoms. The van der Waals surface area contributed by atoms with E-state index in [0.717, 1.165) is 0 Å². The summed E-state index contributed by atoms with van der Waals surface area (Å²) in [4.78, 5) is 13.5. The van der Waals surface area contributed by atoms with E-state index in [1.165, 1.54) is 18.3 Å². The molecule has 0 saturated heterocycles. The van der Waals surface area contributed by atoms with Crippen molar-refractivity contribution in [3.8, 4) is 5.75 Å². The lowest BCUT2D eigenvalue weighted by atomic mass is 10.1. The topological polar surface area (TPSA) is 65.3 Å². The molecule has 1 aromatic heterocycles. The van der Waals surface area contributed by atoms with Crippen LogP contribution in [0.1, 0.15) is 19.3 Å². The summed E-state index contributed by atoms with van der Waals surface area (Å²) in [5.74, 6) is -4.13. The normalized spacial score (nSPS) is 21.8. The van der Waals surface area contributed by atoms with Gasteiger partial charge >= 0.3 is 5.82 Å². The third-order valence-electron chi connectivity index (χ3n) is 3.02. The molecule has 1 fully saturated rings. The first-order valence-electron chi connectivity index (χ1n) is 5.61. The van der Waals surface area contributed by atoms with E-state index >= 15 is 0 Å². The minimum atomic E-state index is -2.74. The van der Waals surface area contributed by atoms with Gasteiger partial charge in [0.25, 0.3) is 5.92 Å². The Bertz CT molecular complexity index is 454. The summed E-state index contributed by atoms with van der Waals surface area (Å²) in [5.41, 5.74) is 0. The van der Waals surface area contributed by atoms with Crippen molar-refractivity contribution in [1.29, 1.82) is 0 Å². The molecule has 1 heterocycles. The van der Waals surface area contributed by atoms with Crippen LogP contribution < -0.4 is 4.74 Å². The monoisotopic (exact) mass is 258 g/mol. The quantitative estimate of drug-likeness (QED) is 0.615. The number of ether oxygens (including phenoxy) is 1. The smallest absolute Gasteiger partial charge is 0.406 e. The average molecular weight is 258 g/mol. The molecular formula is C11H12F2N2O3. The molecule has 1 unspecified atom stereocenters. The maximum atomic E-state index is 13.3. The summed E-state index contributed by atoms with van der Waals surface area (Å²) in [6, 6.07) is 2.83. The number of hydrogen-bond donors (Lipinski definition) is 0. The zero-order valence-corrected chi connectivity index (χ0v) is 9.51. The number of nitro groups is 1. The van der Waals surface area contributed by atoms with Crippen LogP contribution >= 0.6 is 0 Å². The van der Waals surface area contributed by atoms with Crippen molar-refractivity contribution in [2.24, 2.45) is 5.92 Å². The molecule has 1 aliphatic rings. The van der Waals surface area contributed by atoms with E-state index in [0.29, 0.717) is 12.8 Å². The fourth-order valence-corrected chi connectivity index (χ4v) is 2.03. The predicted octanol–water partition coefficient (Wildman–Crippen LogP) is 2.80. The van der Waals surface area contributed by atoms with Crippen molar-refractivity contribution >= 4 is 5.82 Å². The third kappa shape index (κ3) is 2.55. The number of hydrogen-bond acceptors (Lipinski definition) is 4. The van der Waals surface area contributed by atoms with Gasteiger partial charge in [0.2, 0.25) is 5.75 Å². The number of rotatable bonds is 4. The first-order valence-corrected chi connectivity index (χ1v) is 5.61. The van der Waals surface area contributed by atoms with E-state index in [2.05, 4.69) is 4.98 Å². The minimum absolute atomic E-state index is 0.0646. The van der Waals surface area contributed by atoms with E-state index in [9.17, 15) is 18.9 Å². The Balaban J connectivity index is 2.04. The Labute approximate surface area is 102 Å². The van der Waals surface area contributed by atoms with Crippen LogP contribution in [-0.4, -0.2) is 22.4 Å². The van der Waals surface area contributed by atoms with E-state index in [1.807, 2.05) is 0 Å². The molecule has 0 amide bonds. The Kier molecular flexibility index (Phi) is 3.40. The van der Waals surface area contributed by atoms with E-state index in [4.69, 9.17) is 4.74 Å². The SMILES string of the molecule is O=[N+]([O-])c1ncccc1OCC1CCCC1(F)F. The molecule has 0 spiro atoms. The van der Waals surface area contributed by atoms with Crippen molar-refractivity contribution < 1.29 is 18.4 Å². The van der Waals surface area contributed by atoms with E-state index < -0.39 is 22.6 Å². The van der Waals surface area contributed by atoms with E-state index in [1.54, 1.807) is 0 Å². The number of aromatic nitrogens is 1. The fraction of sp³-hybridized carbons (Fsp3) is 0.545. The molecule has 0 bridgehead atoms. The number of pyridine rings is 1. The summed E-state index contributed by atoms with van der Waals surface area (Å²) in [7, 11) is 0. The van der Waals surface area contributed by atoms with Gasteiger partial charge in [-0.05, 0) is 34.9 Å². The lowest BCUT2D eigenvalue weighted by Gasteiger charge is -2.18. The maximum Gasteiger partial charge on any atom is 0.406 e. The molecule has 7 heteroatoms. The second kappa shape index (κ2) is 4.83. The molecule has 0 N–H and O–H groups in total. The zero-order chi connectivity index (χ0) is 13.2. The van der Waals surface area contributed by atoms with Crippen molar-refractivity contribution in [2.75, 3.05) is 6.61 Å². The molecule has 0 aromatic carbocycles. The summed E-state index contributed by atoms with van der Waals surface area (Å²) in [6.45, 7) is -0.223. The van der Waals surface area contributed by atoms with Crippen LogP contribution in [0, 0.1) is 16.0 Å². The van der Waals surface area contributed by atoms with Gasteiger partial charge in [0.15, 0.2) is 0 Å². The number of nitrogens with zero attached hydrogens (tertiary/aromatic N) is 2. The number of halogens is 2. The molecule has 5 nitrogen and oxygen atoms in total. The average Bonchev–Trinajstić information content (AvgIpc) is 2.66. The highest BCUT2D eigenvalue weighted by Gasteiger charge is 2.44. The molecule has 1 aliphatic carbocycles. The molecule has 0 radical (unpaired) electrons. The van der Waals surface area contributed by atoms with Crippen LogP contribution in [-0.2, 0) is 0 Å².